The highest BCUT2D eigenvalue weighted by molar-refractivity contribution is 7.12. The van der Waals surface area contributed by atoms with Gasteiger partial charge in [0.15, 0.2) is 0 Å². The van der Waals surface area contributed by atoms with Crippen molar-refractivity contribution in [3.8, 4) is 0 Å². The van der Waals surface area contributed by atoms with E-state index in [4.69, 9.17) is 11.6 Å². The number of amides is 1. The van der Waals surface area contributed by atoms with Crippen molar-refractivity contribution in [2.24, 2.45) is 0 Å². The maximum atomic E-state index is 12.4. The van der Waals surface area contributed by atoms with E-state index in [2.05, 4.69) is 5.32 Å². The van der Waals surface area contributed by atoms with Crippen LogP contribution >= 0.6 is 22.9 Å². The molecule has 1 amide bonds. The van der Waals surface area contributed by atoms with Crippen LogP contribution in [0.4, 0.5) is 18.9 Å². The first-order chi connectivity index (χ1) is 8.88. The maximum absolute atomic E-state index is 12.4. The van der Waals surface area contributed by atoms with Crippen LogP contribution in [0.1, 0.15) is 15.2 Å². The molecule has 1 N–H and O–H groups in total. The molecule has 2 aromatic rings. The van der Waals surface area contributed by atoms with Crippen molar-refractivity contribution < 1.29 is 18.0 Å². The maximum Gasteiger partial charge on any atom is 0.416 e. The molecule has 0 bridgehead atoms. The fourth-order valence-corrected chi connectivity index (χ4v) is 2.23. The Hall–Kier alpha value is -1.53. The minimum Gasteiger partial charge on any atom is -0.320 e. The molecule has 1 aromatic carbocycles. The van der Waals surface area contributed by atoms with Gasteiger partial charge in [-0.1, -0.05) is 17.7 Å². The lowest BCUT2D eigenvalue weighted by Crippen LogP contribution is -2.11. The molecule has 0 radical (unpaired) electrons. The summed E-state index contributed by atoms with van der Waals surface area (Å²) in [7, 11) is 0. The van der Waals surface area contributed by atoms with E-state index in [1.165, 1.54) is 11.3 Å². The van der Waals surface area contributed by atoms with Crippen LogP contribution in [-0.4, -0.2) is 5.91 Å². The third kappa shape index (κ3) is 3.27. The van der Waals surface area contributed by atoms with E-state index in [1.807, 2.05) is 0 Å². The number of benzene rings is 1. The van der Waals surface area contributed by atoms with E-state index >= 15 is 0 Å². The van der Waals surface area contributed by atoms with E-state index in [1.54, 1.807) is 17.5 Å². The minimum atomic E-state index is -4.46. The van der Waals surface area contributed by atoms with E-state index in [-0.39, 0.29) is 10.7 Å². The number of anilines is 1. The van der Waals surface area contributed by atoms with Crippen LogP contribution in [0.15, 0.2) is 35.7 Å². The van der Waals surface area contributed by atoms with Gasteiger partial charge >= 0.3 is 6.18 Å². The van der Waals surface area contributed by atoms with Crippen molar-refractivity contribution in [2.75, 3.05) is 5.32 Å². The highest BCUT2D eigenvalue weighted by Gasteiger charge is 2.31. The monoisotopic (exact) mass is 305 g/mol. The normalized spacial score (nSPS) is 11.4. The number of thiophene rings is 1. The summed E-state index contributed by atoms with van der Waals surface area (Å²) in [4.78, 5) is 12.2. The Morgan fingerprint density at radius 3 is 2.53 bits per heavy atom. The molecule has 2 rings (SSSR count). The molecule has 0 fully saturated rings. The number of rotatable bonds is 2. The topological polar surface area (TPSA) is 29.1 Å². The number of nitrogens with one attached hydrogen (secondary N) is 1. The van der Waals surface area contributed by atoms with Gasteiger partial charge in [0.05, 0.1) is 21.2 Å². The summed E-state index contributed by atoms with van der Waals surface area (Å²) in [5.41, 5.74) is -0.709. The average Bonchev–Trinajstić information content (AvgIpc) is 2.84. The van der Waals surface area contributed by atoms with Crippen LogP contribution < -0.4 is 5.32 Å². The molecular weight excluding hydrogens is 299 g/mol. The molecule has 1 heterocycles. The van der Waals surface area contributed by atoms with Gasteiger partial charge in [-0.25, -0.2) is 0 Å². The number of alkyl halides is 3. The number of carbonyl (C=O) groups excluding carboxylic acids is 1. The molecule has 0 saturated carbocycles. The largest absolute Gasteiger partial charge is 0.416 e. The van der Waals surface area contributed by atoms with E-state index in [9.17, 15) is 18.0 Å². The first-order valence-corrected chi connectivity index (χ1v) is 6.35. The Balaban J connectivity index is 2.21. The lowest BCUT2D eigenvalue weighted by atomic mass is 10.2. The predicted molar refractivity (Wildman–Crippen MR) is 68.7 cm³/mol. The highest BCUT2D eigenvalue weighted by Crippen LogP contribution is 2.33. The van der Waals surface area contributed by atoms with E-state index in [0.717, 1.165) is 18.2 Å². The summed E-state index contributed by atoms with van der Waals surface area (Å²) in [6, 6.07) is 6.10. The fourth-order valence-electron chi connectivity index (χ4n) is 1.38. The first-order valence-electron chi connectivity index (χ1n) is 5.09. The van der Waals surface area contributed by atoms with Gasteiger partial charge in [0, 0.05) is 0 Å². The zero-order valence-corrected chi connectivity index (χ0v) is 10.9. The van der Waals surface area contributed by atoms with E-state index in [0.29, 0.717) is 4.88 Å². The molecule has 19 heavy (non-hydrogen) atoms. The molecule has 0 aliphatic carbocycles. The van der Waals surface area contributed by atoms with Crippen molar-refractivity contribution in [3.05, 3.63) is 51.2 Å². The number of hydrogen-bond acceptors (Lipinski definition) is 2. The second kappa shape index (κ2) is 5.22. The molecule has 0 unspecified atom stereocenters. The summed E-state index contributed by atoms with van der Waals surface area (Å²) >= 11 is 6.96. The minimum absolute atomic E-state index is 0.146. The summed E-state index contributed by atoms with van der Waals surface area (Å²) in [5, 5.41) is 4.04. The van der Waals surface area contributed by atoms with Gasteiger partial charge in [-0.2, -0.15) is 13.2 Å². The van der Waals surface area contributed by atoms with Crippen LogP contribution in [0.2, 0.25) is 5.02 Å². The third-order valence-electron chi connectivity index (χ3n) is 2.29. The molecule has 1 aromatic heterocycles. The highest BCUT2D eigenvalue weighted by atomic mass is 35.5. The zero-order chi connectivity index (χ0) is 14.0. The Bertz CT molecular complexity index is 596. The van der Waals surface area contributed by atoms with Crippen LogP contribution in [0.3, 0.4) is 0 Å². The summed E-state index contributed by atoms with van der Waals surface area (Å²) in [6.45, 7) is 0. The molecule has 2 nitrogen and oxygen atoms in total. The average molecular weight is 306 g/mol. The molecule has 7 heteroatoms. The van der Waals surface area contributed by atoms with E-state index < -0.39 is 17.6 Å². The van der Waals surface area contributed by atoms with Crippen LogP contribution in [0.5, 0.6) is 0 Å². The van der Waals surface area contributed by atoms with Crippen molar-refractivity contribution >= 4 is 34.5 Å². The van der Waals surface area contributed by atoms with Crippen LogP contribution in [0.25, 0.3) is 0 Å². The van der Waals surface area contributed by atoms with Gasteiger partial charge in [0.2, 0.25) is 0 Å². The SMILES string of the molecule is O=C(Nc1ccc(C(F)(F)F)cc1Cl)c1cccs1. The predicted octanol–water partition coefficient (Wildman–Crippen LogP) is 4.67. The van der Waals surface area contributed by atoms with Crippen molar-refractivity contribution in [3.63, 3.8) is 0 Å². The molecule has 0 aliphatic rings. The lowest BCUT2D eigenvalue weighted by Gasteiger charge is -2.10. The van der Waals surface area contributed by atoms with Gasteiger partial charge in [-0.15, -0.1) is 11.3 Å². The lowest BCUT2D eigenvalue weighted by molar-refractivity contribution is -0.137. The third-order valence-corrected chi connectivity index (χ3v) is 3.47. The van der Waals surface area contributed by atoms with Gasteiger partial charge in [0.1, 0.15) is 0 Å². The summed E-state index contributed by atoms with van der Waals surface area (Å²) in [5.74, 6) is -0.406. The molecule has 0 aliphatic heterocycles. The Morgan fingerprint density at radius 2 is 2.00 bits per heavy atom. The Morgan fingerprint density at radius 1 is 1.26 bits per heavy atom. The van der Waals surface area contributed by atoms with Crippen LogP contribution in [0, 0.1) is 0 Å². The van der Waals surface area contributed by atoms with Crippen LogP contribution in [-0.2, 0) is 6.18 Å². The van der Waals surface area contributed by atoms with Gasteiger partial charge in [0.25, 0.3) is 5.91 Å². The van der Waals surface area contributed by atoms with Gasteiger partial charge in [-0.05, 0) is 29.6 Å². The summed E-state index contributed by atoms with van der Waals surface area (Å²) < 4.78 is 37.3. The second-order valence-electron chi connectivity index (χ2n) is 3.62. The van der Waals surface area contributed by atoms with Crippen molar-refractivity contribution in [1.82, 2.24) is 0 Å². The number of hydrogen-bond donors (Lipinski definition) is 1. The standard InChI is InChI=1S/C12H7ClF3NOS/c13-8-6-7(12(14,15)16)3-4-9(8)17-11(18)10-2-1-5-19-10/h1-6H,(H,17,18). The quantitative estimate of drug-likeness (QED) is 0.858. The first kappa shape index (κ1) is 13.9. The Labute approximate surface area is 115 Å². The smallest absolute Gasteiger partial charge is 0.320 e. The number of carbonyl (C=O) groups is 1. The molecule has 0 atom stereocenters. The number of halogens is 4. The molecule has 0 saturated heterocycles. The zero-order valence-electron chi connectivity index (χ0n) is 9.29. The van der Waals surface area contributed by atoms with Crippen molar-refractivity contribution in [2.45, 2.75) is 6.18 Å². The second-order valence-corrected chi connectivity index (χ2v) is 4.98. The van der Waals surface area contributed by atoms with Crippen molar-refractivity contribution in [1.29, 1.82) is 0 Å². The summed E-state index contributed by atoms with van der Waals surface area (Å²) in [6.07, 6.45) is -4.46. The molecular formula is C12H7ClF3NOS. The van der Waals surface area contributed by atoms with Gasteiger partial charge in [-0.3, -0.25) is 4.79 Å². The molecule has 100 valence electrons. The Kier molecular flexibility index (Phi) is 3.82. The van der Waals surface area contributed by atoms with Gasteiger partial charge < -0.3 is 5.32 Å². The fraction of sp³-hybridized carbons (Fsp3) is 0.0833. The molecule has 0 spiro atoms.